The molecule has 0 atom stereocenters. The Labute approximate surface area is 76.5 Å². The fourth-order valence-electron chi connectivity index (χ4n) is 1.19. The van der Waals surface area contributed by atoms with E-state index in [2.05, 4.69) is 0 Å². The van der Waals surface area contributed by atoms with Gasteiger partial charge in [-0.1, -0.05) is 6.07 Å². The number of hydrogen-bond acceptors (Lipinski definition) is 2. The maximum Gasteiger partial charge on any atom is 0.137 e. The SMILES string of the molecule is [2H]C1([2H])C(=O)Cc2ccc(O)cc2C1([2H])[2H]. The first-order valence-corrected chi connectivity index (χ1v) is 3.62. The van der Waals surface area contributed by atoms with Gasteiger partial charge in [0.15, 0.2) is 0 Å². The minimum atomic E-state index is -2.55. The van der Waals surface area contributed by atoms with Crippen molar-refractivity contribution in [3.63, 3.8) is 0 Å². The van der Waals surface area contributed by atoms with E-state index in [1.165, 1.54) is 18.2 Å². The van der Waals surface area contributed by atoms with Crippen LogP contribution >= 0.6 is 0 Å². The molecule has 0 aliphatic heterocycles. The van der Waals surface area contributed by atoms with Gasteiger partial charge in [0.1, 0.15) is 11.5 Å². The van der Waals surface area contributed by atoms with Gasteiger partial charge < -0.3 is 5.11 Å². The summed E-state index contributed by atoms with van der Waals surface area (Å²) in [5, 5.41) is 9.28. The number of aromatic hydroxyl groups is 1. The van der Waals surface area contributed by atoms with Crippen molar-refractivity contribution in [2.75, 3.05) is 0 Å². The molecule has 2 nitrogen and oxygen atoms in total. The van der Waals surface area contributed by atoms with E-state index in [0.717, 1.165) is 0 Å². The molecule has 0 fully saturated rings. The van der Waals surface area contributed by atoms with E-state index < -0.39 is 18.5 Å². The van der Waals surface area contributed by atoms with E-state index in [1.54, 1.807) is 0 Å². The van der Waals surface area contributed by atoms with Gasteiger partial charge in [-0.05, 0) is 29.6 Å². The van der Waals surface area contributed by atoms with E-state index >= 15 is 0 Å². The molecular formula is C10H10O2. The first kappa shape index (κ1) is 4.08. The van der Waals surface area contributed by atoms with E-state index in [1.807, 2.05) is 0 Å². The molecule has 0 unspecified atom stereocenters. The highest BCUT2D eigenvalue weighted by Crippen LogP contribution is 2.22. The van der Waals surface area contributed by atoms with E-state index in [4.69, 9.17) is 5.48 Å². The van der Waals surface area contributed by atoms with Gasteiger partial charge in [-0.15, -0.1) is 0 Å². The van der Waals surface area contributed by atoms with Gasteiger partial charge in [0.2, 0.25) is 0 Å². The van der Waals surface area contributed by atoms with Crippen molar-refractivity contribution in [2.45, 2.75) is 19.2 Å². The largest absolute Gasteiger partial charge is 0.508 e. The van der Waals surface area contributed by atoms with Gasteiger partial charge in [-0.3, -0.25) is 4.79 Å². The predicted octanol–water partition coefficient (Wildman–Crippen LogP) is 1.45. The molecule has 1 aromatic rings. The van der Waals surface area contributed by atoms with Crippen molar-refractivity contribution in [1.29, 1.82) is 0 Å². The second kappa shape index (κ2) is 2.63. The lowest BCUT2D eigenvalue weighted by Gasteiger charge is -2.14. The quantitative estimate of drug-likeness (QED) is 0.633. The maximum absolute atomic E-state index is 11.5. The van der Waals surface area contributed by atoms with Gasteiger partial charge in [-0.25, -0.2) is 0 Å². The number of ketones is 1. The number of rotatable bonds is 0. The molecule has 2 rings (SSSR count). The Hall–Kier alpha value is -1.31. The Kier molecular flexibility index (Phi) is 0.893. The van der Waals surface area contributed by atoms with Crippen molar-refractivity contribution in [2.24, 2.45) is 0 Å². The zero-order chi connectivity index (χ0) is 12.1. The summed E-state index contributed by atoms with van der Waals surface area (Å²) >= 11 is 0. The summed E-state index contributed by atoms with van der Waals surface area (Å²) < 4.78 is 30.4. The number of phenols is 1. The average Bonchev–Trinajstić information content (AvgIpc) is 2.18. The third-order valence-corrected chi connectivity index (χ3v) is 1.78. The fourth-order valence-corrected chi connectivity index (χ4v) is 1.19. The van der Waals surface area contributed by atoms with Crippen molar-refractivity contribution in [1.82, 2.24) is 0 Å². The van der Waals surface area contributed by atoms with Gasteiger partial charge >= 0.3 is 0 Å². The lowest BCUT2D eigenvalue weighted by molar-refractivity contribution is -0.118. The van der Waals surface area contributed by atoms with Gasteiger partial charge in [0, 0.05) is 18.3 Å². The molecule has 0 bridgehead atoms. The van der Waals surface area contributed by atoms with Crippen LogP contribution in [-0.4, -0.2) is 10.9 Å². The molecule has 1 aliphatic rings. The van der Waals surface area contributed by atoms with Crippen molar-refractivity contribution >= 4 is 5.78 Å². The number of hydrogen-bond donors (Lipinski definition) is 1. The second-order valence-electron chi connectivity index (χ2n) is 2.69. The highest BCUT2D eigenvalue weighted by molar-refractivity contribution is 5.83. The van der Waals surface area contributed by atoms with Crippen LogP contribution < -0.4 is 0 Å². The first-order valence-electron chi connectivity index (χ1n) is 5.62. The Morgan fingerprint density at radius 1 is 1.33 bits per heavy atom. The minimum Gasteiger partial charge on any atom is -0.508 e. The number of Topliss-reactive ketones (excluding diaryl/α,β-unsaturated/α-hetero) is 1. The molecule has 1 aromatic carbocycles. The summed E-state index contributed by atoms with van der Waals surface area (Å²) in [4.78, 5) is 11.5. The summed E-state index contributed by atoms with van der Waals surface area (Å²) in [6.45, 7) is 0. The summed E-state index contributed by atoms with van der Waals surface area (Å²) in [6, 6.07) is 4.00. The summed E-state index contributed by atoms with van der Waals surface area (Å²) in [6.07, 6.45) is -5.09. The zero-order valence-electron chi connectivity index (χ0n) is 10.3. The Morgan fingerprint density at radius 2 is 2.17 bits per heavy atom. The minimum absolute atomic E-state index is 0.0529. The van der Waals surface area contributed by atoms with Crippen LogP contribution in [0.25, 0.3) is 0 Å². The lowest BCUT2D eigenvalue weighted by Crippen LogP contribution is -2.12. The smallest absolute Gasteiger partial charge is 0.137 e. The summed E-state index contributed by atoms with van der Waals surface area (Å²) in [7, 11) is 0. The summed E-state index contributed by atoms with van der Waals surface area (Å²) in [5.41, 5.74) is 0.486. The predicted molar refractivity (Wildman–Crippen MR) is 45.1 cm³/mol. The lowest BCUT2D eigenvalue weighted by atomic mass is 9.91. The molecule has 0 heterocycles. The van der Waals surface area contributed by atoms with Crippen molar-refractivity contribution < 1.29 is 15.4 Å². The number of fused-ring (bicyclic) bond motifs is 1. The van der Waals surface area contributed by atoms with E-state index in [0.29, 0.717) is 5.56 Å². The van der Waals surface area contributed by atoms with E-state index in [-0.39, 0.29) is 17.7 Å². The van der Waals surface area contributed by atoms with Gasteiger partial charge in [0.25, 0.3) is 0 Å². The Balaban J connectivity index is 2.68. The normalized spacial score (nSPS) is 29.2. The second-order valence-corrected chi connectivity index (χ2v) is 2.69. The van der Waals surface area contributed by atoms with Gasteiger partial charge in [0.05, 0.1) is 0 Å². The number of phenolic OH excluding ortho intramolecular Hbond substituents is 1. The summed E-state index contributed by atoms with van der Waals surface area (Å²) in [5.74, 6) is -0.900. The standard InChI is InChI=1S/C10H10O2/c11-9-3-1-7-5-10(12)4-2-8(7)6-9/h1,3,6,11H,2,4-5H2/i2D2,4D2. The molecule has 0 radical (unpaired) electrons. The molecule has 1 aliphatic carbocycles. The van der Waals surface area contributed by atoms with Crippen LogP contribution in [0.15, 0.2) is 18.2 Å². The van der Waals surface area contributed by atoms with Crippen molar-refractivity contribution in [3.05, 3.63) is 29.3 Å². The number of carbonyl (C=O) groups is 1. The molecule has 1 N–H and O–H groups in total. The Bertz CT molecular complexity index is 468. The molecule has 62 valence electrons. The average molecular weight is 166 g/mol. The maximum atomic E-state index is 11.5. The first-order chi connectivity index (χ1) is 7.26. The van der Waals surface area contributed by atoms with Crippen LogP contribution in [0, 0.1) is 0 Å². The molecular weight excluding hydrogens is 152 g/mol. The molecule has 0 aromatic heterocycles. The monoisotopic (exact) mass is 166 g/mol. The van der Waals surface area contributed by atoms with E-state index in [9.17, 15) is 9.90 Å². The topological polar surface area (TPSA) is 37.3 Å². The Morgan fingerprint density at radius 3 is 3.00 bits per heavy atom. The van der Waals surface area contributed by atoms with Crippen LogP contribution in [0.3, 0.4) is 0 Å². The molecule has 12 heavy (non-hydrogen) atoms. The number of aryl methyl sites for hydroxylation is 1. The number of carbonyl (C=O) groups excluding carboxylic acids is 1. The van der Waals surface area contributed by atoms with Gasteiger partial charge in [-0.2, -0.15) is 0 Å². The molecule has 0 amide bonds. The molecule has 0 spiro atoms. The van der Waals surface area contributed by atoms with Crippen LogP contribution in [0.5, 0.6) is 5.75 Å². The highest BCUT2D eigenvalue weighted by Gasteiger charge is 2.14. The van der Waals surface area contributed by atoms with Crippen LogP contribution in [0.1, 0.15) is 23.0 Å². The third-order valence-electron chi connectivity index (χ3n) is 1.78. The highest BCUT2D eigenvalue weighted by atomic mass is 16.3. The van der Waals surface area contributed by atoms with Crippen LogP contribution in [-0.2, 0) is 17.6 Å². The zero-order valence-corrected chi connectivity index (χ0v) is 6.29. The third kappa shape index (κ3) is 1.20. The molecule has 0 saturated heterocycles. The van der Waals surface area contributed by atoms with Crippen molar-refractivity contribution in [3.8, 4) is 5.75 Å². The molecule has 2 heteroatoms. The molecule has 0 saturated carbocycles. The fraction of sp³-hybridized carbons (Fsp3) is 0.300. The van der Waals surface area contributed by atoms with Crippen LogP contribution in [0.2, 0.25) is 0 Å². The number of benzene rings is 1. The van der Waals surface area contributed by atoms with Crippen LogP contribution in [0.4, 0.5) is 0 Å².